The minimum absolute atomic E-state index is 0.101. The van der Waals surface area contributed by atoms with Crippen LogP contribution in [-0.4, -0.2) is 26.2 Å². The predicted octanol–water partition coefficient (Wildman–Crippen LogP) is 1.41. The Morgan fingerprint density at radius 1 is 1.32 bits per heavy atom. The van der Waals surface area contributed by atoms with Crippen molar-refractivity contribution in [3.8, 4) is 5.75 Å². The molecule has 0 spiro atoms. The van der Waals surface area contributed by atoms with Crippen LogP contribution >= 0.6 is 12.0 Å². The number of nitrogens with zero attached hydrogens (tertiary/aromatic N) is 2. The predicted molar refractivity (Wildman–Crippen MR) is 72.3 cm³/mol. The van der Waals surface area contributed by atoms with Crippen LogP contribution in [0.3, 0.4) is 0 Å². The van der Waals surface area contributed by atoms with E-state index in [4.69, 9.17) is 13.2 Å². The molecule has 0 atom stereocenters. The molecule has 2 radical (unpaired) electrons. The van der Waals surface area contributed by atoms with Crippen molar-refractivity contribution in [2.24, 2.45) is 10.1 Å². The average Bonchev–Trinajstić information content (AvgIpc) is 2.46. The minimum Gasteiger partial charge on any atom is -0.871 e. The van der Waals surface area contributed by atoms with E-state index in [1.165, 1.54) is 18.2 Å². The van der Waals surface area contributed by atoms with Gasteiger partial charge in [0, 0.05) is 4.90 Å². The van der Waals surface area contributed by atoms with E-state index in [0.29, 0.717) is 16.9 Å². The second-order valence-corrected chi connectivity index (χ2v) is 5.95. The zero-order valence-electron chi connectivity index (χ0n) is 10.5. The molecule has 9 nitrogen and oxygen atoms in total. The Bertz CT molecular complexity index is 841. The molecule has 2 aromatic carbocycles. The largest absolute Gasteiger partial charge is 0.871 e. The first kappa shape index (κ1) is 16.7. The van der Waals surface area contributed by atoms with Crippen LogP contribution in [0.5, 0.6) is 5.75 Å². The van der Waals surface area contributed by atoms with E-state index in [1.54, 1.807) is 0 Å². The van der Waals surface area contributed by atoms with Gasteiger partial charge in [0.15, 0.2) is 0 Å². The van der Waals surface area contributed by atoms with Gasteiger partial charge in [-0.15, -0.1) is 4.33 Å². The second-order valence-electron chi connectivity index (χ2n) is 3.83. The molecular formula is C10H5BN2O7S2-2. The molecule has 2 aromatic rings. The smallest absolute Gasteiger partial charge is 0.293 e. The van der Waals surface area contributed by atoms with Gasteiger partial charge in [-0.3, -0.25) is 5.03 Å². The Labute approximate surface area is 129 Å². The molecule has 1 N–H and O–H groups in total. The maximum absolute atomic E-state index is 12.2. The summed E-state index contributed by atoms with van der Waals surface area (Å²) in [5, 5.41) is 30.0. The Balaban J connectivity index is 2.73. The van der Waals surface area contributed by atoms with Crippen LogP contribution in [0.1, 0.15) is 0 Å². The van der Waals surface area contributed by atoms with Gasteiger partial charge in [-0.2, -0.15) is 5.11 Å². The highest BCUT2D eigenvalue weighted by Gasteiger charge is 2.13. The van der Waals surface area contributed by atoms with Gasteiger partial charge in [0.1, 0.15) is 10.1 Å². The van der Waals surface area contributed by atoms with E-state index in [0.717, 1.165) is 6.07 Å². The van der Waals surface area contributed by atoms with Crippen molar-refractivity contribution in [1.82, 2.24) is 0 Å². The zero-order valence-corrected chi connectivity index (χ0v) is 12.1. The summed E-state index contributed by atoms with van der Waals surface area (Å²) in [5.41, 5.74) is -0.652. The molecule has 22 heavy (non-hydrogen) atoms. The summed E-state index contributed by atoms with van der Waals surface area (Å²) in [6.07, 6.45) is 0. The van der Waals surface area contributed by atoms with Crippen LogP contribution in [0.2, 0.25) is 0 Å². The first-order valence-corrected chi connectivity index (χ1v) is 7.53. The van der Waals surface area contributed by atoms with E-state index in [-0.39, 0.29) is 10.8 Å². The molecule has 12 heteroatoms. The van der Waals surface area contributed by atoms with Crippen LogP contribution < -0.4 is 5.11 Å². The fraction of sp³-hybridized carbons (Fsp3) is 0. The van der Waals surface area contributed by atoms with Crippen molar-refractivity contribution < 1.29 is 32.7 Å². The third-order valence-electron chi connectivity index (χ3n) is 2.59. The lowest BCUT2D eigenvalue weighted by atomic mass is 10.1. The number of fused-ring (bicyclic) bond motifs is 1. The van der Waals surface area contributed by atoms with Crippen molar-refractivity contribution in [2.75, 3.05) is 0 Å². The topological polar surface area (TPSA) is 144 Å². The van der Waals surface area contributed by atoms with Crippen LogP contribution in [0.4, 0.5) is 5.69 Å². The lowest BCUT2D eigenvalue weighted by molar-refractivity contribution is -0.432. The number of hydrogen-bond donors (Lipinski definition) is 1. The van der Waals surface area contributed by atoms with Gasteiger partial charge in [-0.05, 0) is 29.0 Å². The van der Waals surface area contributed by atoms with E-state index in [1.807, 2.05) is 0 Å². The maximum Gasteiger partial charge on any atom is 0.293 e. The third-order valence-corrected chi connectivity index (χ3v) is 4.02. The summed E-state index contributed by atoms with van der Waals surface area (Å²) >= 11 is 0.605. The Hall–Kier alpha value is -1.70. The normalized spacial score (nSPS) is 12.3. The molecule has 0 saturated carbocycles. The Morgan fingerprint density at radius 2 is 2.05 bits per heavy atom. The van der Waals surface area contributed by atoms with Crippen LogP contribution in [0, 0.1) is 0 Å². The quantitative estimate of drug-likeness (QED) is 0.215. The standard InChI is InChI=1S/C10H7BN2O7S2/c11-13-12-9-8(22(16,17)18)4-5-3-6(21-20-19-15)1-2-7(5)10(9)14/h1-4,14-15H,(H,16,17,18)/p-2. The molecule has 114 valence electrons. The maximum atomic E-state index is 12.2. The summed E-state index contributed by atoms with van der Waals surface area (Å²) in [6.45, 7) is 0. The zero-order chi connectivity index (χ0) is 16.3. The van der Waals surface area contributed by atoms with E-state index in [2.05, 4.69) is 19.5 Å². The third kappa shape index (κ3) is 3.37. The lowest BCUT2D eigenvalue weighted by Crippen LogP contribution is -2.03. The molecule has 0 aliphatic carbocycles. The van der Waals surface area contributed by atoms with Gasteiger partial charge in [-0.1, -0.05) is 16.9 Å². The van der Waals surface area contributed by atoms with Gasteiger partial charge >= 0.3 is 0 Å². The molecule has 2 rings (SSSR count). The summed E-state index contributed by atoms with van der Waals surface area (Å²) < 4.78 is 38.0. The molecule has 0 unspecified atom stereocenters. The Kier molecular flexibility index (Phi) is 5.00. The summed E-state index contributed by atoms with van der Waals surface area (Å²) in [7, 11) is -0.132. The van der Waals surface area contributed by atoms with Gasteiger partial charge in [-0.25, -0.2) is 13.7 Å². The SMILES string of the molecule is [B]N=Nc1c(S(=O)(=O)[O-])cc2cc(SOOO)ccc2c1[O-]. The average molecular weight is 340 g/mol. The van der Waals surface area contributed by atoms with Gasteiger partial charge < -0.3 is 9.66 Å². The fourth-order valence-electron chi connectivity index (χ4n) is 1.77. The number of rotatable bonds is 5. The van der Waals surface area contributed by atoms with Crippen LogP contribution in [0.25, 0.3) is 10.8 Å². The summed E-state index contributed by atoms with van der Waals surface area (Å²) in [4.78, 5) is -0.455. The van der Waals surface area contributed by atoms with E-state index >= 15 is 0 Å². The molecular weight excluding hydrogens is 335 g/mol. The summed E-state index contributed by atoms with van der Waals surface area (Å²) in [5.74, 6) is -0.808. The number of benzene rings is 2. The highest BCUT2D eigenvalue weighted by Crippen LogP contribution is 2.40. The highest BCUT2D eigenvalue weighted by molar-refractivity contribution is 7.94. The molecule has 0 fully saturated rings. The molecule has 0 amide bonds. The van der Waals surface area contributed by atoms with Gasteiger partial charge in [0.2, 0.25) is 0 Å². The van der Waals surface area contributed by atoms with Gasteiger partial charge in [0.05, 0.1) is 22.6 Å². The van der Waals surface area contributed by atoms with Crippen molar-refractivity contribution in [2.45, 2.75) is 9.79 Å². The molecule has 0 aliphatic rings. The summed E-state index contributed by atoms with van der Waals surface area (Å²) in [6, 6.07) is 5.14. The number of hydrogen-bond acceptors (Lipinski definition) is 10. The molecule has 0 aromatic heterocycles. The van der Waals surface area contributed by atoms with Gasteiger partial charge in [0.25, 0.3) is 7.98 Å². The molecule has 0 aliphatic heterocycles. The fourth-order valence-corrected chi connectivity index (χ4v) is 2.81. The second kappa shape index (κ2) is 6.60. The lowest BCUT2D eigenvalue weighted by Gasteiger charge is -2.19. The van der Waals surface area contributed by atoms with Crippen LogP contribution in [0.15, 0.2) is 44.2 Å². The Morgan fingerprint density at radius 3 is 2.64 bits per heavy atom. The molecule has 0 bridgehead atoms. The monoisotopic (exact) mass is 340 g/mol. The highest BCUT2D eigenvalue weighted by atomic mass is 32.2. The molecule has 0 saturated heterocycles. The van der Waals surface area contributed by atoms with Crippen molar-refractivity contribution in [1.29, 1.82) is 0 Å². The van der Waals surface area contributed by atoms with Crippen molar-refractivity contribution in [3.63, 3.8) is 0 Å². The molecule has 0 heterocycles. The first-order valence-electron chi connectivity index (χ1n) is 5.38. The van der Waals surface area contributed by atoms with E-state index < -0.39 is 26.5 Å². The first-order chi connectivity index (χ1) is 10.4. The van der Waals surface area contributed by atoms with Crippen molar-refractivity contribution in [3.05, 3.63) is 24.3 Å². The minimum atomic E-state index is -4.96. The van der Waals surface area contributed by atoms with E-state index in [9.17, 15) is 18.1 Å². The van der Waals surface area contributed by atoms with Crippen LogP contribution in [-0.2, 0) is 19.5 Å². The van der Waals surface area contributed by atoms with Crippen molar-refractivity contribution >= 4 is 46.6 Å².